The van der Waals surface area contributed by atoms with Gasteiger partial charge in [-0.25, -0.2) is 0 Å². The van der Waals surface area contributed by atoms with Crippen molar-refractivity contribution in [2.75, 3.05) is 0 Å². The average Bonchev–Trinajstić information content (AvgIpc) is 3.04. The van der Waals surface area contributed by atoms with Gasteiger partial charge in [-0.3, -0.25) is 14.6 Å². The summed E-state index contributed by atoms with van der Waals surface area (Å²) in [4.78, 5) is 31.7. The monoisotopic (exact) mass is 462 g/mol. The van der Waals surface area contributed by atoms with Gasteiger partial charge in [0.05, 0.1) is 17.7 Å². The Kier molecular flexibility index (Phi) is 6.47. The van der Waals surface area contributed by atoms with E-state index in [2.05, 4.69) is 4.98 Å². The summed E-state index contributed by atoms with van der Waals surface area (Å²) < 4.78 is 5.65. The summed E-state index contributed by atoms with van der Waals surface area (Å²) in [5, 5.41) is 11.6. The quantitative estimate of drug-likeness (QED) is 0.311. The van der Waals surface area contributed by atoms with Crippen molar-refractivity contribution < 1.29 is 19.4 Å². The standard InChI is InChI=1S/C26H23ClN2O4/c1-16(2)33-21-10-8-18(9-11-21)24(30)22-23(19-6-3-7-20(27)13-19)29(26(32)25(22)31)15-17-5-4-12-28-14-17/h3-14,16,23,30H,15H2,1-2H3/b24-22+/t23-/m0/s1. The van der Waals surface area contributed by atoms with E-state index in [1.807, 2.05) is 19.9 Å². The van der Waals surface area contributed by atoms with Crippen molar-refractivity contribution in [2.24, 2.45) is 0 Å². The highest BCUT2D eigenvalue weighted by atomic mass is 35.5. The van der Waals surface area contributed by atoms with E-state index in [1.54, 1.807) is 67.0 Å². The molecule has 33 heavy (non-hydrogen) atoms. The number of amides is 1. The van der Waals surface area contributed by atoms with Gasteiger partial charge < -0.3 is 14.7 Å². The number of carbonyl (C=O) groups excluding carboxylic acids is 2. The van der Waals surface area contributed by atoms with Gasteiger partial charge in [-0.05, 0) is 67.4 Å². The number of benzene rings is 2. The molecular weight excluding hydrogens is 440 g/mol. The van der Waals surface area contributed by atoms with Gasteiger partial charge in [-0.2, -0.15) is 0 Å². The van der Waals surface area contributed by atoms with Crippen molar-refractivity contribution in [3.63, 3.8) is 0 Å². The molecule has 0 bridgehead atoms. The molecule has 1 aliphatic heterocycles. The van der Waals surface area contributed by atoms with Gasteiger partial charge >= 0.3 is 0 Å². The number of Topliss-reactive ketones (excluding diaryl/α,β-unsaturated/α-hetero) is 1. The van der Waals surface area contributed by atoms with Crippen molar-refractivity contribution in [1.29, 1.82) is 0 Å². The lowest BCUT2D eigenvalue weighted by molar-refractivity contribution is -0.140. The third-order valence-corrected chi connectivity index (χ3v) is 5.51. The second-order valence-corrected chi connectivity index (χ2v) is 8.47. The molecule has 168 valence electrons. The first-order valence-corrected chi connectivity index (χ1v) is 10.9. The van der Waals surface area contributed by atoms with Gasteiger partial charge in [-0.1, -0.05) is 29.8 Å². The maximum absolute atomic E-state index is 13.1. The topological polar surface area (TPSA) is 79.7 Å². The molecule has 7 heteroatoms. The number of nitrogens with zero attached hydrogens (tertiary/aromatic N) is 2. The first-order valence-electron chi connectivity index (χ1n) is 10.5. The lowest BCUT2D eigenvalue weighted by atomic mass is 9.95. The van der Waals surface area contributed by atoms with Gasteiger partial charge in [0.1, 0.15) is 11.5 Å². The predicted octanol–water partition coefficient (Wildman–Crippen LogP) is 5.14. The highest BCUT2D eigenvalue weighted by Crippen LogP contribution is 2.41. The van der Waals surface area contributed by atoms with E-state index in [9.17, 15) is 14.7 Å². The van der Waals surface area contributed by atoms with Crippen molar-refractivity contribution >= 4 is 29.1 Å². The van der Waals surface area contributed by atoms with Crippen molar-refractivity contribution in [2.45, 2.75) is 32.5 Å². The van der Waals surface area contributed by atoms with E-state index >= 15 is 0 Å². The fourth-order valence-corrected chi connectivity index (χ4v) is 4.07. The molecule has 1 amide bonds. The molecule has 0 spiro atoms. The summed E-state index contributed by atoms with van der Waals surface area (Å²) in [6.45, 7) is 4.00. The molecule has 0 unspecified atom stereocenters. The molecule has 1 atom stereocenters. The smallest absolute Gasteiger partial charge is 0.295 e. The number of pyridine rings is 1. The molecule has 1 saturated heterocycles. The van der Waals surface area contributed by atoms with Crippen LogP contribution < -0.4 is 4.74 Å². The summed E-state index contributed by atoms with van der Waals surface area (Å²) in [7, 11) is 0. The largest absolute Gasteiger partial charge is 0.507 e. The second kappa shape index (κ2) is 9.46. The van der Waals surface area contributed by atoms with E-state index in [0.29, 0.717) is 21.9 Å². The Morgan fingerprint density at radius 3 is 2.52 bits per heavy atom. The Labute approximate surface area is 197 Å². The van der Waals surface area contributed by atoms with Crippen LogP contribution in [-0.4, -0.2) is 32.8 Å². The molecule has 4 rings (SSSR count). The Hall–Kier alpha value is -3.64. The van der Waals surface area contributed by atoms with E-state index in [-0.39, 0.29) is 24.0 Å². The van der Waals surface area contributed by atoms with Gasteiger partial charge in [0.25, 0.3) is 11.7 Å². The summed E-state index contributed by atoms with van der Waals surface area (Å²) in [5.74, 6) is -1.04. The van der Waals surface area contributed by atoms with E-state index < -0.39 is 17.7 Å². The lowest BCUT2D eigenvalue weighted by Gasteiger charge is -2.25. The molecule has 1 aliphatic rings. The van der Waals surface area contributed by atoms with Crippen LogP contribution in [0.2, 0.25) is 5.02 Å². The van der Waals surface area contributed by atoms with Crippen molar-refractivity contribution in [1.82, 2.24) is 9.88 Å². The number of ether oxygens (including phenoxy) is 1. The number of aliphatic hydroxyl groups excluding tert-OH is 1. The molecule has 1 fully saturated rings. The molecule has 0 aliphatic carbocycles. The number of carbonyl (C=O) groups is 2. The van der Waals surface area contributed by atoms with E-state index in [1.165, 1.54) is 4.90 Å². The predicted molar refractivity (Wildman–Crippen MR) is 126 cm³/mol. The van der Waals surface area contributed by atoms with Gasteiger partial charge in [0.15, 0.2) is 0 Å². The van der Waals surface area contributed by atoms with Gasteiger partial charge in [0, 0.05) is 29.5 Å². The van der Waals surface area contributed by atoms with Crippen LogP contribution in [0, 0.1) is 0 Å². The molecular formula is C26H23ClN2O4. The van der Waals surface area contributed by atoms with E-state index in [4.69, 9.17) is 16.3 Å². The van der Waals surface area contributed by atoms with E-state index in [0.717, 1.165) is 5.56 Å². The van der Waals surface area contributed by atoms with Crippen LogP contribution in [0.4, 0.5) is 0 Å². The molecule has 2 heterocycles. The van der Waals surface area contributed by atoms with Crippen LogP contribution in [0.5, 0.6) is 5.75 Å². The highest BCUT2D eigenvalue weighted by Gasteiger charge is 2.46. The average molecular weight is 463 g/mol. The number of aromatic nitrogens is 1. The number of likely N-dealkylation sites (tertiary alicyclic amines) is 1. The summed E-state index contributed by atoms with van der Waals surface area (Å²) in [6, 6.07) is 16.5. The molecule has 1 N–H and O–H groups in total. The minimum atomic E-state index is -0.796. The highest BCUT2D eigenvalue weighted by molar-refractivity contribution is 6.46. The normalized spacial score (nSPS) is 17.6. The number of hydrogen-bond donors (Lipinski definition) is 1. The van der Waals surface area contributed by atoms with Crippen LogP contribution in [0.3, 0.4) is 0 Å². The van der Waals surface area contributed by atoms with Crippen LogP contribution in [-0.2, 0) is 16.1 Å². The molecule has 6 nitrogen and oxygen atoms in total. The van der Waals surface area contributed by atoms with Crippen molar-refractivity contribution in [3.8, 4) is 5.75 Å². The third-order valence-electron chi connectivity index (χ3n) is 5.28. The Morgan fingerprint density at radius 2 is 1.88 bits per heavy atom. The van der Waals surface area contributed by atoms with Crippen LogP contribution in [0.25, 0.3) is 5.76 Å². The Balaban J connectivity index is 1.80. The SMILES string of the molecule is CC(C)Oc1ccc(/C(O)=C2\C(=O)C(=O)N(Cc3cccnc3)[C@H]2c2cccc(Cl)c2)cc1. The molecule has 0 radical (unpaired) electrons. The summed E-state index contributed by atoms with van der Waals surface area (Å²) in [6.07, 6.45) is 3.28. The summed E-state index contributed by atoms with van der Waals surface area (Å²) in [5.41, 5.74) is 1.83. The first-order chi connectivity index (χ1) is 15.8. The summed E-state index contributed by atoms with van der Waals surface area (Å²) >= 11 is 6.22. The number of halogens is 1. The van der Waals surface area contributed by atoms with Crippen LogP contribution in [0.1, 0.15) is 36.6 Å². The first kappa shape index (κ1) is 22.6. The molecule has 1 aromatic heterocycles. The number of rotatable bonds is 6. The Bertz CT molecular complexity index is 1210. The minimum absolute atomic E-state index is 0.00470. The second-order valence-electron chi connectivity index (χ2n) is 8.03. The molecule has 0 saturated carbocycles. The zero-order valence-corrected chi connectivity index (χ0v) is 19.0. The van der Waals surface area contributed by atoms with Crippen LogP contribution in [0.15, 0.2) is 78.6 Å². The third kappa shape index (κ3) is 4.76. The zero-order chi connectivity index (χ0) is 23.5. The number of aliphatic hydroxyl groups is 1. The van der Waals surface area contributed by atoms with Gasteiger partial charge in [0.2, 0.25) is 0 Å². The maximum atomic E-state index is 13.1. The Morgan fingerprint density at radius 1 is 1.12 bits per heavy atom. The number of hydrogen-bond acceptors (Lipinski definition) is 5. The zero-order valence-electron chi connectivity index (χ0n) is 18.2. The lowest BCUT2D eigenvalue weighted by Crippen LogP contribution is -2.29. The molecule has 2 aromatic carbocycles. The van der Waals surface area contributed by atoms with Gasteiger partial charge in [-0.15, -0.1) is 0 Å². The maximum Gasteiger partial charge on any atom is 0.295 e. The van der Waals surface area contributed by atoms with Crippen LogP contribution >= 0.6 is 11.6 Å². The molecule has 3 aromatic rings. The number of ketones is 1. The van der Waals surface area contributed by atoms with Crippen molar-refractivity contribution in [3.05, 3.63) is 100 Å². The minimum Gasteiger partial charge on any atom is -0.507 e. The fraction of sp³-hybridized carbons (Fsp3) is 0.192. The fourth-order valence-electron chi connectivity index (χ4n) is 3.87.